The van der Waals surface area contributed by atoms with Crippen LogP contribution in [0.1, 0.15) is 12.0 Å². The van der Waals surface area contributed by atoms with E-state index < -0.39 is 17.6 Å². The number of hydrogen-bond acceptors (Lipinski definition) is 5. The molecule has 3 aromatic rings. The minimum absolute atomic E-state index is 0.0668. The standard InChI is InChI=1S/C30H29BrClFN4O4/c1-34(19-20-7-8-21(31)17-27(20)41-23-9-10-25(33)24(32)18-23)29(39)30(40)36-15-13-35(14-16-36)26-11-12-37(28(26)38)22-5-3-2-4-6-22/h2-10,17-18,26H,11-16,19H2,1H3. The molecular formula is C30H29BrClFN4O4. The van der Waals surface area contributed by atoms with Gasteiger partial charge in [-0.1, -0.05) is 51.8 Å². The van der Waals surface area contributed by atoms with Crippen LogP contribution in [0.5, 0.6) is 11.5 Å². The third-order valence-electron chi connectivity index (χ3n) is 7.37. The second-order valence-corrected chi connectivity index (χ2v) is 11.4. The number of likely N-dealkylation sites (N-methyl/N-ethyl adjacent to an activating group) is 1. The summed E-state index contributed by atoms with van der Waals surface area (Å²) in [6.07, 6.45) is 0.727. The molecule has 0 spiro atoms. The molecule has 3 aromatic carbocycles. The number of piperazine rings is 1. The highest BCUT2D eigenvalue weighted by molar-refractivity contribution is 9.10. The monoisotopic (exact) mass is 642 g/mol. The Bertz CT molecular complexity index is 1450. The highest BCUT2D eigenvalue weighted by atomic mass is 79.9. The summed E-state index contributed by atoms with van der Waals surface area (Å²) >= 11 is 9.31. The Labute approximate surface area is 251 Å². The molecular weight excluding hydrogens is 615 g/mol. The van der Waals surface area contributed by atoms with Crippen molar-refractivity contribution >= 4 is 50.9 Å². The number of ether oxygens (including phenoxy) is 1. The number of amides is 3. The molecule has 0 saturated carbocycles. The molecule has 2 fully saturated rings. The van der Waals surface area contributed by atoms with Crippen molar-refractivity contribution in [2.24, 2.45) is 0 Å². The maximum atomic E-state index is 13.6. The first-order valence-corrected chi connectivity index (χ1v) is 14.4. The number of para-hydroxylation sites is 1. The van der Waals surface area contributed by atoms with E-state index in [1.54, 1.807) is 24.1 Å². The molecule has 2 aliphatic rings. The first kappa shape index (κ1) is 29.0. The summed E-state index contributed by atoms with van der Waals surface area (Å²) in [5, 5.41) is -0.0668. The summed E-state index contributed by atoms with van der Waals surface area (Å²) in [5.41, 5.74) is 1.55. The van der Waals surface area contributed by atoms with Crippen LogP contribution in [0.15, 0.2) is 71.2 Å². The first-order valence-electron chi connectivity index (χ1n) is 13.3. The number of anilines is 1. The SMILES string of the molecule is CN(Cc1ccc(Br)cc1Oc1ccc(F)c(Cl)c1)C(=O)C(=O)N1CCN(C2CCN(c3ccccc3)C2=O)CC1. The van der Waals surface area contributed by atoms with Gasteiger partial charge in [0, 0.05) is 68.1 Å². The van der Waals surface area contributed by atoms with Crippen LogP contribution >= 0.6 is 27.5 Å². The van der Waals surface area contributed by atoms with E-state index in [4.69, 9.17) is 16.3 Å². The Morgan fingerprint density at radius 1 is 1.02 bits per heavy atom. The van der Waals surface area contributed by atoms with Crippen LogP contribution in [-0.4, -0.2) is 78.2 Å². The molecule has 1 atom stereocenters. The van der Waals surface area contributed by atoms with E-state index in [1.807, 2.05) is 41.3 Å². The second kappa shape index (κ2) is 12.6. The summed E-state index contributed by atoms with van der Waals surface area (Å²) in [5.74, 6) is -0.922. The molecule has 0 aliphatic carbocycles. The summed E-state index contributed by atoms with van der Waals surface area (Å²) in [4.78, 5) is 46.1. The van der Waals surface area contributed by atoms with Crippen molar-refractivity contribution in [2.45, 2.75) is 19.0 Å². The minimum atomic E-state index is -0.635. The van der Waals surface area contributed by atoms with Gasteiger partial charge in [0.15, 0.2) is 0 Å². The molecule has 2 saturated heterocycles. The van der Waals surface area contributed by atoms with Crippen LogP contribution in [0.25, 0.3) is 0 Å². The zero-order valence-corrected chi connectivity index (χ0v) is 24.8. The van der Waals surface area contributed by atoms with E-state index in [0.717, 1.165) is 16.6 Å². The van der Waals surface area contributed by atoms with Gasteiger partial charge < -0.3 is 19.4 Å². The Morgan fingerprint density at radius 3 is 2.46 bits per heavy atom. The van der Waals surface area contributed by atoms with Crippen molar-refractivity contribution in [3.8, 4) is 11.5 Å². The number of rotatable bonds is 6. The molecule has 1 unspecified atom stereocenters. The molecule has 0 N–H and O–H groups in total. The number of hydrogen-bond donors (Lipinski definition) is 0. The number of benzene rings is 3. The van der Waals surface area contributed by atoms with Crippen LogP contribution in [0.2, 0.25) is 5.02 Å². The fraction of sp³-hybridized carbons (Fsp3) is 0.300. The molecule has 2 aliphatic heterocycles. The van der Waals surface area contributed by atoms with Gasteiger partial charge >= 0.3 is 11.8 Å². The van der Waals surface area contributed by atoms with Crippen LogP contribution in [0.3, 0.4) is 0 Å². The molecule has 11 heteroatoms. The van der Waals surface area contributed by atoms with Gasteiger partial charge in [-0.15, -0.1) is 0 Å². The molecule has 41 heavy (non-hydrogen) atoms. The Hall–Kier alpha value is -3.47. The Kier molecular flexibility index (Phi) is 8.91. The van der Waals surface area contributed by atoms with Gasteiger partial charge in [0.2, 0.25) is 5.91 Å². The van der Waals surface area contributed by atoms with E-state index in [-0.39, 0.29) is 23.5 Å². The average Bonchev–Trinajstić information content (AvgIpc) is 3.37. The molecule has 8 nitrogen and oxygen atoms in total. The topological polar surface area (TPSA) is 73.4 Å². The van der Waals surface area contributed by atoms with Gasteiger partial charge in [0.05, 0.1) is 11.1 Å². The van der Waals surface area contributed by atoms with Gasteiger partial charge in [0.25, 0.3) is 0 Å². The smallest absolute Gasteiger partial charge is 0.312 e. The van der Waals surface area contributed by atoms with Crippen molar-refractivity contribution in [1.29, 1.82) is 0 Å². The van der Waals surface area contributed by atoms with Crippen molar-refractivity contribution in [3.05, 3.63) is 87.6 Å². The molecule has 214 valence electrons. The highest BCUT2D eigenvalue weighted by Gasteiger charge is 2.39. The molecule has 0 radical (unpaired) electrons. The summed E-state index contributed by atoms with van der Waals surface area (Å²) in [6, 6.07) is 18.8. The van der Waals surface area contributed by atoms with E-state index in [0.29, 0.717) is 49.8 Å². The lowest BCUT2D eigenvalue weighted by Gasteiger charge is -2.37. The van der Waals surface area contributed by atoms with E-state index in [2.05, 4.69) is 20.8 Å². The van der Waals surface area contributed by atoms with Gasteiger partial charge in [-0.05, 0) is 42.8 Å². The average molecular weight is 644 g/mol. The normalized spacial score (nSPS) is 17.6. The first-order chi connectivity index (χ1) is 19.7. The number of carbonyl (C=O) groups excluding carboxylic acids is 3. The number of halogens is 3. The third kappa shape index (κ3) is 6.55. The quantitative estimate of drug-likeness (QED) is 0.356. The van der Waals surface area contributed by atoms with Crippen molar-refractivity contribution in [3.63, 3.8) is 0 Å². The van der Waals surface area contributed by atoms with Gasteiger partial charge in [-0.3, -0.25) is 19.3 Å². The third-order valence-corrected chi connectivity index (χ3v) is 8.16. The fourth-order valence-electron chi connectivity index (χ4n) is 5.15. The number of carbonyl (C=O) groups is 3. The predicted octanol–water partition coefficient (Wildman–Crippen LogP) is 4.94. The minimum Gasteiger partial charge on any atom is -0.457 e. The van der Waals surface area contributed by atoms with Crippen LogP contribution in [0.4, 0.5) is 10.1 Å². The highest BCUT2D eigenvalue weighted by Crippen LogP contribution is 2.32. The molecule has 2 heterocycles. The van der Waals surface area contributed by atoms with E-state index in [1.165, 1.54) is 23.1 Å². The zero-order valence-electron chi connectivity index (χ0n) is 22.4. The van der Waals surface area contributed by atoms with Crippen LogP contribution in [-0.2, 0) is 20.9 Å². The Balaban J connectivity index is 1.17. The second-order valence-electron chi connectivity index (χ2n) is 10.0. The maximum absolute atomic E-state index is 13.6. The molecule has 5 rings (SSSR count). The number of nitrogens with zero attached hydrogens (tertiary/aromatic N) is 4. The lowest BCUT2D eigenvalue weighted by Crippen LogP contribution is -2.56. The fourth-order valence-corrected chi connectivity index (χ4v) is 5.66. The molecule has 3 amide bonds. The lowest BCUT2D eigenvalue weighted by molar-refractivity contribution is -0.152. The van der Waals surface area contributed by atoms with E-state index in [9.17, 15) is 18.8 Å². The van der Waals surface area contributed by atoms with Crippen molar-refractivity contribution in [1.82, 2.24) is 14.7 Å². The largest absolute Gasteiger partial charge is 0.457 e. The maximum Gasteiger partial charge on any atom is 0.312 e. The van der Waals surface area contributed by atoms with Gasteiger partial charge in [0.1, 0.15) is 17.3 Å². The van der Waals surface area contributed by atoms with Gasteiger partial charge in [-0.2, -0.15) is 0 Å². The molecule has 0 aromatic heterocycles. The van der Waals surface area contributed by atoms with Crippen LogP contribution < -0.4 is 9.64 Å². The van der Waals surface area contributed by atoms with Gasteiger partial charge in [-0.25, -0.2) is 4.39 Å². The van der Waals surface area contributed by atoms with E-state index >= 15 is 0 Å². The summed E-state index contributed by atoms with van der Waals surface area (Å²) in [7, 11) is 1.56. The predicted molar refractivity (Wildman–Crippen MR) is 157 cm³/mol. The summed E-state index contributed by atoms with van der Waals surface area (Å²) in [6.45, 7) is 2.55. The van der Waals surface area contributed by atoms with Crippen molar-refractivity contribution in [2.75, 3.05) is 44.7 Å². The summed E-state index contributed by atoms with van der Waals surface area (Å²) < 4.78 is 20.3. The Morgan fingerprint density at radius 2 is 1.76 bits per heavy atom. The van der Waals surface area contributed by atoms with Crippen molar-refractivity contribution < 1.29 is 23.5 Å². The zero-order chi connectivity index (χ0) is 29.1. The van der Waals surface area contributed by atoms with Crippen LogP contribution in [0, 0.1) is 5.82 Å². The lowest BCUT2D eigenvalue weighted by atomic mass is 10.1. The molecule has 0 bridgehead atoms.